The van der Waals surface area contributed by atoms with Gasteiger partial charge in [-0.1, -0.05) is 12.9 Å². The van der Waals surface area contributed by atoms with E-state index in [0.29, 0.717) is 0 Å². The molecule has 0 aliphatic carbocycles. The summed E-state index contributed by atoms with van der Waals surface area (Å²) in [6.45, 7) is -3.03. The van der Waals surface area contributed by atoms with Crippen LogP contribution in [-0.4, -0.2) is 21.3 Å². The molecule has 0 aliphatic heterocycles. The van der Waals surface area contributed by atoms with Crippen LogP contribution in [0.2, 0.25) is 0 Å². The second-order valence-electron chi connectivity index (χ2n) is 3.04. The van der Waals surface area contributed by atoms with Crippen molar-refractivity contribution in [1.29, 1.82) is 0 Å². The summed E-state index contributed by atoms with van der Waals surface area (Å²) in [6, 6.07) is 3.20. The number of hydrogen-bond donors (Lipinski definition) is 3. The van der Waals surface area contributed by atoms with Crippen LogP contribution in [0.3, 0.4) is 0 Å². The molecule has 15 heavy (non-hydrogen) atoms. The molecule has 0 fully saturated rings. The molecular formula is C11H14O4. The van der Waals surface area contributed by atoms with Crippen LogP contribution in [0.25, 0.3) is 0 Å². The van der Waals surface area contributed by atoms with E-state index in [1.165, 1.54) is 6.07 Å². The Kier molecular flexibility index (Phi) is 1.87. The number of rotatable bonds is 4. The molecule has 4 heteroatoms. The topological polar surface area (TPSA) is 77.8 Å². The molecule has 0 amide bonds. The van der Waals surface area contributed by atoms with Crippen molar-refractivity contribution in [2.75, 3.05) is 0 Å². The lowest BCUT2D eigenvalue weighted by atomic mass is 9.93. The van der Waals surface area contributed by atoms with Crippen molar-refractivity contribution in [3.63, 3.8) is 0 Å². The minimum absolute atomic E-state index is 0.0103. The summed E-state index contributed by atoms with van der Waals surface area (Å²) in [4.78, 5) is 10.8. The van der Waals surface area contributed by atoms with Gasteiger partial charge in [-0.15, -0.1) is 0 Å². The highest BCUT2D eigenvalue weighted by Crippen LogP contribution is 2.31. The van der Waals surface area contributed by atoms with Crippen molar-refractivity contribution in [3.8, 4) is 11.5 Å². The van der Waals surface area contributed by atoms with E-state index >= 15 is 0 Å². The lowest BCUT2D eigenvalue weighted by molar-refractivity contribution is -0.137. The summed E-state index contributed by atoms with van der Waals surface area (Å²) in [6.07, 6.45) is -3.55. The molecule has 0 saturated heterocycles. The lowest BCUT2D eigenvalue weighted by Crippen LogP contribution is -2.05. The number of aliphatic carboxylic acids is 1. The first-order valence-electron chi connectivity index (χ1n) is 6.70. The van der Waals surface area contributed by atoms with E-state index in [9.17, 15) is 15.0 Å². The minimum Gasteiger partial charge on any atom is -0.504 e. The van der Waals surface area contributed by atoms with Crippen molar-refractivity contribution in [2.24, 2.45) is 0 Å². The Hall–Kier alpha value is -1.71. The average Bonchev–Trinajstić information content (AvgIpc) is 2.28. The summed E-state index contributed by atoms with van der Waals surface area (Å²) < 4.78 is 37.0. The number of carboxylic acids is 1. The fourth-order valence-electron chi connectivity index (χ4n) is 1.18. The number of phenols is 2. The zero-order valence-corrected chi connectivity index (χ0v) is 7.77. The summed E-state index contributed by atoms with van der Waals surface area (Å²) >= 11 is 0. The summed E-state index contributed by atoms with van der Waals surface area (Å²) in [7, 11) is 0. The molecule has 1 aromatic carbocycles. The van der Waals surface area contributed by atoms with E-state index in [1.807, 2.05) is 0 Å². The van der Waals surface area contributed by atoms with Gasteiger partial charge in [-0.2, -0.15) is 0 Å². The van der Waals surface area contributed by atoms with Gasteiger partial charge in [0.05, 0.1) is 6.42 Å². The van der Waals surface area contributed by atoms with Gasteiger partial charge in [0.25, 0.3) is 0 Å². The molecule has 1 unspecified atom stereocenters. The lowest BCUT2D eigenvalue weighted by Gasteiger charge is -2.13. The van der Waals surface area contributed by atoms with Gasteiger partial charge >= 0.3 is 5.97 Å². The van der Waals surface area contributed by atoms with Crippen LogP contribution in [0.15, 0.2) is 18.2 Å². The van der Waals surface area contributed by atoms with E-state index in [2.05, 4.69) is 0 Å². The molecule has 1 rings (SSSR count). The first kappa shape index (κ1) is 6.00. The first-order chi connectivity index (χ1) is 8.96. The number of benzene rings is 1. The number of carbonyl (C=O) groups is 1. The Morgan fingerprint density at radius 1 is 1.53 bits per heavy atom. The monoisotopic (exact) mass is 215 g/mol. The minimum atomic E-state index is -3.03. The fourth-order valence-corrected chi connectivity index (χ4v) is 1.18. The normalized spacial score (nSPS) is 19.1. The molecule has 0 heterocycles. The Balaban J connectivity index is 3.32. The standard InChI is InChI=1S/C11H14O4/c1-2-7(6-11(14)15)8-3-4-9(12)10(13)5-8/h3-5,7,12-13H,2,6H2,1H3,(H,14,15)/i1D3,2D2. The Labute approximate surface area is 94.8 Å². The summed E-state index contributed by atoms with van der Waals surface area (Å²) in [5.74, 6) is -3.88. The van der Waals surface area contributed by atoms with Crippen molar-refractivity contribution >= 4 is 5.97 Å². The van der Waals surface area contributed by atoms with Crippen LogP contribution >= 0.6 is 0 Å². The maximum Gasteiger partial charge on any atom is 0.303 e. The quantitative estimate of drug-likeness (QED) is 0.672. The third-order valence-electron chi connectivity index (χ3n) is 1.95. The van der Waals surface area contributed by atoms with E-state index in [1.54, 1.807) is 0 Å². The van der Waals surface area contributed by atoms with Crippen molar-refractivity contribution in [1.82, 2.24) is 0 Å². The van der Waals surface area contributed by atoms with Crippen LogP contribution in [0, 0.1) is 0 Å². The molecule has 0 bridgehead atoms. The highest BCUT2D eigenvalue weighted by Gasteiger charge is 2.14. The molecule has 0 aliphatic rings. The molecule has 1 aromatic rings. The maximum atomic E-state index is 10.8. The molecular weight excluding hydrogens is 196 g/mol. The molecule has 1 atom stereocenters. The first-order valence-corrected chi connectivity index (χ1v) is 4.20. The van der Waals surface area contributed by atoms with Gasteiger partial charge in [-0.3, -0.25) is 4.79 Å². The van der Waals surface area contributed by atoms with Gasteiger partial charge in [0, 0.05) is 6.85 Å². The van der Waals surface area contributed by atoms with Crippen LogP contribution in [-0.2, 0) is 4.79 Å². The van der Waals surface area contributed by atoms with Gasteiger partial charge in [0.15, 0.2) is 11.5 Å². The molecule has 0 radical (unpaired) electrons. The Bertz CT molecular complexity index is 512. The third kappa shape index (κ3) is 2.87. The predicted octanol–water partition coefficient (Wildman–Crippen LogP) is 2.07. The zero-order valence-electron chi connectivity index (χ0n) is 12.8. The Morgan fingerprint density at radius 3 is 2.80 bits per heavy atom. The summed E-state index contributed by atoms with van der Waals surface area (Å²) in [5.41, 5.74) is -0.0103. The summed E-state index contributed by atoms with van der Waals surface area (Å²) in [5, 5.41) is 27.4. The van der Waals surface area contributed by atoms with Gasteiger partial charge in [0.1, 0.15) is 0 Å². The number of hydrogen-bond acceptors (Lipinski definition) is 3. The SMILES string of the molecule is [2H]C([2H])([2H])C([2H])([2H])C(CC(=O)O)c1ccc(O)c(O)c1. The predicted molar refractivity (Wildman–Crippen MR) is 55.1 cm³/mol. The molecule has 0 spiro atoms. The largest absolute Gasteiger partial charge is 0.504 e. The van der Waals surface area contributed by atoms with E-state index in [4.69, 9.17) is 12.0 Å². The van der Waals surface area contributed by atoms with E-state index < -0.39 is 43.0 Å². The smallest absolute Gasteiger partial charge is 0.303 e. The number of aromatic hydroxyl groups is 2. The van der Waals surface area contributed by atoms with Gasteiger partial charge < -0.3 is 15.3 Å². The highest BCUT2D eigenvalue weighted by molar-refractivity contribution is 5.68. The Morgan fingerprint density at radius 2 is 2.27 bits per heavy atom. The maximum absolute atomic E-state index is 10.8. The van der Waals surface area contributed by atoms with Crippen molar-refractivity contribution in [2.45, 2.75) is 25.6 Å². The molecule has 3 N–H and O–H groups in total. The molecule has 0 aromatic heterocycles. The van der Waals surface area contributed by atoms with Crippen LogP contribution in [0.4, 0.5) is 0 Å². The highest BCUT2D eigenvalue weighted by atomic mass is 16.4. The van der Waals surface area contributed by atoms with E-state index in [0.717, 1.165) is 12.1 Å². The van der Waals surface area contributed by atoms with Crippen molar-refractivity contribution in [3.05, 3.63) is 23.8 Å². The van der Waals surface area contributed by atoms with Gasteiger partial charge in [-0.25, -0.2) is 0 Å². The molecule has 0 saturated carbocycles. The second kappa shape index (κ2) is 4.68. The number of phenolic OH excluding ortho intramolecular Hbond substituents is 2. The van der Waals surface area contributed by atoms with Gasteiger partial charge in [-0.05, 0) is 30.0 Å². The van der Waals surface area contributed by atoms with Crippen LogP contribution < -0.4 is 0 Å². The average molecular weight is 215 g/mol. The molecule has 82 valence electrons. The fraction of sp³-hybridized carbons (Fsp3) is 0.364. The molecule has 4 nitrogen and oxygen atoms in total. The van der Waals surface area contributed by atoms with E-state index in [-0.39, 0.29) is 5.56 Å². The van der Waals surface area contributed by atoms with Crippen LogP contribution in [0.1, 0.15) is 38.0 Å². The zero-order chi connectivity index (χ0) is 15.7. The third-order valence-corrected chi connectivity index (χ3v) is 1.95. The van der Waals surface area contributed by atoms with Gasteiger partial charge in [0.2, 0.25) is 0 Å². The second-order valence-corrected chi connectivity index (χ2v) is 3.04. The van der Waals surface area contributed by atoms with Crippen LogP contribution in [0.5, 0.6) is 11.5 Å². The van der Waals surface area contributed by atoms with Crippen molar-refractivity contribution < 1.29 is 27.0 Å². The number of carboxylic acid groups (broad SMARTS) is 1.